The van der Waals surface area contributed by atoms with Gasteiger partial charge in [0.25, 0.3) is 5.56 Å². The van der Waals surface area contributed by atoms with Gasteiger partial charge >= 0.3 is 0 Å². The van der Waals surface area contributed by atoms with Crippen molar-refractivity contribution >= 4 is 16.7 Å². The first-order chi connectivity index (χ1) is 13.1. The number of rotatable bonds is 7. The zero-order valence-electron chi connectivity index (χ0n) is 15.5. The Hall–Kier alpha value is -3.15. The van der Waals surface area contributed by atoms with Crippen molar-refractivity contribution < 1.29 is 9.53 Å². The van der Waals surface area contributed by atoms with Gasteiger partial charge in [-0.15, -0.1) is 0 Å². The van der Waals surface area contributed by atoms with E-state index in [4.69, 9.17) is 4.74 Å². The standard InChI is InChI=1S/C21H23N3O3/c1-3-17(23-20(25)12-15-8-5-7-11-19(15)27-2)14-24-21(26)18-10-6-4-9-16(18)13-22-24/h4-11,13,17H,3,12,14H2,1-2H3,(H,23,25)/t17-/m1/s1. The summed E-state index contributed by atoms with van der Waals surface area (Å²) in [5, 5.41) is 8.68. The van der Waals surface area contributed by atoms with E-state index in [2.05, 4.69) is 10.4 Å². The van der Waals surface area contributed by atoms with Crippen LogP contribution in [0.5, 0.6) is 5.75 Å². The van der Waals surface area contributed by atoms with Gasteiger partial charge < -0.3 is 10.1 Å². The molecule has 27 heavy (non-hydrogen) atoms. The molecule has 1 heterocycles. The van der Waals surface area contributed by atoms with E-state index in [-0.39, 0.29) is 23.9 Å². The molecule has 0 radical (unpaired) electrons. The van der Waals surface area contributed by atoms with Crippen molar-refractivity contribution in [2.75, 3.05) is 7.11 Å². The van der Waals surface area contributed by atoms with E-state index in [9.17, 15) is 9.59 Å². The van der Waals surface area contributed by atoms with Gasteiger partial charge in [-0.1, -0.05) is 43.3 Å². The van der Waals surface area contributed by atoms with Gasteiger partial charge in [0.15, 0.2) is 0 Å². The molecule has 1 N–H and O–H groups in total. The van der Waals surface area contributed by atoms with Crippen molar-refractivity contribution in [1.82, 2.24) is 15.1 Å². The second-order valence-electron chi connectivity index (χ2n) is 6.38. The third-order valence-corrected chi connectivity index (χ3v) is 4.56. The SMILES string of the molecule is CC[C@H](Cn1ncc2ccccc2c1=O)NC(=O)Cc1ccccc1OC. The van der Waals surface area contributed by atoms with Crippen molar-refractivity contribution in [1.29, 1.82) is 0 Å². The summed E-state index contributed by atoms with van der Waals surface area (Å²) in [5.41, 5.74) is 0.680. The molecule has 0 unspecified atom stereocenters. The average Bonchev–Trinajstić information content (AvgIpc) is 2.70. The van der Waals surface area contributed by atoms with Gasteiger partial charge in [0.05, 0.1) is 31.7 Å². The molecule has 0 spiro atoms. The van der Waals surface area contributed by atoms with Gasteiger partial charge in [0.1, 0.15) is 5.75 Å². The van der Waals surface area contributed by atoms with Crippen LogP contribution in [0.15, 0.2) is 59.5 Å². The second-order valence-corrected chi connectivity index (χ2v) is 6.38. The molecular formula is C21H23N3O3. The Bertz CT molecular complexity index is 997. The van der Waals surface area contributed by atoms with Gasteiger partial charge in [-0.25, -0.2) is 4.68 Å². The number of amides is 1. The Morgan fingerprint density at radius 3 is 2.70 bits per heavy atom. The molecule has 6 nitrogen and oxygen atoms in total. The number of nitrogens with one attached hydrogen (secondary N) is 1. The van der Waals surface area contributed by atoms with Crippen LogP contribution in [0.2, 0.25) is 0 Å². The number of nitrogens with zero attached hydrogens (tertiary/aromatic N) is 2. The highest BCUT2D eigenvalue weighted by Gasteiger charge is 2.15. The highest BCUT2D eigenvalue weighted by Crippen LogP contribution is 2.17. The quantitative estimate of drug-likeness (QED) is 0.698. The Balaban J connectivity index is 1.71. The number of aromatic nitrogens is 2. The lowest BCUT2D eigenvalue weighted by Gasteiger charge is -2.18. The number of carbonyl (C=O) groups is 1. The predicted octanol–water partition coefficient (Wildman–Crippen LogP) is 2.54. The topological polar surface area (TPSA) is 73.2 Å². The van der Waals surface area contributed by atoms with Crippen LogP contribution in [0.4, 0.5) is 0 Å². The van der Waals surface area contributed by atoms with E-state index in [1.807, 2.05) is 49.4 Å². The summed E-state index contributed by atoms with van der Waals surface area (Å²) in [4.78, 5) is 25.1. The van der Waals surface area contributed by atoms with E-state index in [0.29, 0.717) is 24.1 Å². The summed E-state index contributed by atoms with van der Waals surface area (Å²) in [6, 6.07) is 14.6. The molecule has 0 saturated heterocycles. The minimum atomic E-state index is -0.182. The third-order valence-electron chi connectivity index (χ3n) is 4.56. The lowest BCUT2D eigenvalue weighted by Crippen LogP contribution is -2.41. The minimum Gasteiger partial charge on any atom is -0.496 e. The molecule has 0 saturated carbocycles. The number of hydrogen-bond donors (Lipinski definition) is 1. The second kappa shape index (κ2) is 8.49. The van der Waals surface area contributed by atoms with Crippen LogP contribution in [0.3, 0.4) is 0 Å². The summed E-state index contributed by atoms with van der Waals surface area (Å²) in [5.74, 6) is 0.577. The Labute approximate surface area is 157 Å². The molecule has 3 rings (SSSR count). The molecule has 2 aromatic carbocycles. The van der Waals surface area contributed by atoms with Crippen molar-refractivity contribution in [2.24, 2.45) is 0 Å². The van der Waals surface area contributed by atoms with E-state index in [1.165, 1.54) is 4.68 Å². The molecule has 0 bridgehead atoms. The van der Waals surface area contributed by atoms with Crippen molar-refractivity contribution in [3.05, 3.63) is 70.6 Å². The zero-order valence-corrected chi connectivity index (χ0v) is 15.5. The average molecular weight is 365 g/mol. The lowest BCUT2D eigenvalue weighted by atomic mass is 10.1. The van der Waals surface area contributed by atoms with Gasteiger partial charge in [-0.05, 0) is 18.6 Å². The van der Waals surface area contributed by atoms with Crippen LogP contribution in [0.1, 0.15) is 18.9 Å². The van der Waals surface area contributed by atoms with Gasteiger partial charge in [-0.3, -0.25) is 9.59 Å². The van der Waals surface area contributed by atoms with Gasteiger partial charge in [0, 0.05) is 17.0 Å². The first-order valence-corrected chi connectivity index (χ1v) is 8.98. The molecule has 1 aromatic heterocycles. The fourth-order valence-electron chi connectivity index (χ4n) is 3.04. The molecule has 3 aromatic rings. The maximum absolute atomic E-state index is 12.6. The van der Waals surface area contributed by atoms with Crippen LogP contribution in [0.25, 0.3) is 10.8 Å². The maximum atomic E-state index is 12.6. The number of carbonyl (C=O) groups excluding carboxylic acids is 1. The number of benzene rings is 2. The number of methoxy groups -OCH3 is 1. The van der Waals surface area contributed by atoms with Crippen molar-refractivity contribution in [3.8, 4) is 5.75 Å². The van der Waals surface area contributed by atoms with Crippen LogP contribution >= 0.6 is 0 Å². The molecule has 0 fully saturated rings. The molecular weight excluding hydrogens is 342 g/mol. The molecule has 140 valence electrons. The Morgan fingerprint density at radius 2 is 1.93 bits per heavy atom. The fraction of sp³-hybridized carbons (Fsp3) is 0.286. The van der Waals surface area contributed by atoms with E-state index in [1.54, 1.807) is 19.4 Å². The number of hydrogen-bond acceptors (Lipinski definition) is 4. The van der Waals surface area contributed by atoms with Crippen LogP contribution < -0.4 is 15.6 Å². The minimum absolute atomic E-state index is 0.111. The smallest absolute Gasteiger partial charge is 0.274 e. The van der Waals surface area contributed by atoms with Crippen LogP contribution in [-0.4, -0.2) is 28.8 Å². The molecule has 0 aliphatic carbocycles. The third kappa shape index (κ3) is 4.34. The number of fused-ring (bicyclic) bond motifs is 1. The first kappa shape index (κ1) is 18.6. The van der Waals surface area contributed by atoms with Crippen molar-refractivity contribution in [2.45, 2.75) is 32.4 Å². The lowest BCUT2D eigenvalue weighted by molar-refractivity contribution is -0.121. The number of ether oxygens (including phenoxy) is 1. The van der Waals surface area contributed by atoms with Crippen molar-refractivity contribution in [3.63, 3.8) is 0 Å². The summed E-state index contributed by atoms with van der Waals surface area (Å²) in [6.07, 6.45) is 2.60. The summed E-state index contributed by atoms with van der Waals surface area (Å²) < 4.78 is 6.71. The van der Waals surface area contributed by atoms with Crippen LogP contribution in [-0.2, 0) is 17.8 Å². The molecule has 0 aliphatic rings. The number of para-hydroxylation sites is 1. The monoisotopic (exact) mass is 365 g/mol. The normalized spacial score (nSPS) is 11.9. The molecule has 1 amide bonds. The summed E-state index contributed by atoms with van der Waals surface area (Å²) in [7, 11) is 1.59. The zero-order chi connectivity index (χ0) is 19.2. The largest absolute Gasteiger partial charge is 0.496 e. The highest BCUT2D eigenvalue weighted by atomic mass is 16.5. The fourth-order valence-corrected chi connectivity index (χ4v) is 3.04. The Morgan fingerprint density at radius 1 is 1.19 bits per heavy atom. The van der Waals surface area contributed by atoms with E-state index < -0.39 is 0 Å². The maximum Gasteiger partial charge on any atom is 0.274 e. The van der Waals surface area contributed by atoms with Gasteiger partial charge in [-0.2, -0.15) is 5.10 Å². The highest BCUT2D eigenvalue weighted by molar-refractivity contribution is 5.80. The molecule has 0 aliphatic heterocycles. The Kier molecular flexibility index (Phi) is 5.86. The summed E-state index contributed by atoms with van der Waals surface area (Å²) >= 11 is 0. The molecule has 1 atom stereocenters. The predicted molar refractivity (Wildman–Crippen MR) is 105 cm³/mol. The summed E-state index contributed by atoms with van der Waals surface area (Å²) in [6.45, 7) is 2.30. The van der Waals surface area contributed by atoms with Gasteiger partial charge in [0.2, 0.25) is 5.91 Å². The first-order valence-electron chi connectivity index (χ1n) is 8.98. The molecule has 6 heteroatoms. The van der Waals surface area contributed by atoms with E-state index >= 15 is 0 Å². The van der Waals surface area contributed by atoms with E-state index in [0.717, 1.165) is 10.9 Å². The van der Waals surface area contributed by atoms with Crippen LogP contribution in [0, 0.1) is 0 Å².